The van der Waals surface area contributed by atoms with Gasteiger partial charge in [-0.1, -0.05) is 0 Å². The summed E-state index contributed by atoms with van der Waals surface area (Å²) in [5.74, 6) is 0. The molecule has 0 aliphatic rings. The van der Waals surface area contributed by atoms with E-state index < -0.39 is 9.05 Å². The summed E-state index contributed by atoms with van der Waals surface area (Å²) in [5.41, 5.74) is 0. The first kappa shape index (κ1) is 22.5. The van der Waals surface area contributed by atoms with Crippen LogP contribution in [0.2, 0.25) is 0 Å². The van der Waals surface area contributed by atoms with Crippen molar-refractivity contribution in [3.05, 3.63) is 0 Å². The van der Waals surface area contributed by atoms with Gasteiger partial charge in [-0.05, 0) is 0 Å². The summed E-state index contributed by atoms with van der Waals surface area (Å²) in [5, 5.41) is 0. The van der Waals surface area contributed by atoms with Crippen LogP contribution in [0.3, 0.4) is 0 Å². The van der Waals surface area contributed by atoms with E-state index in [1.807, 2.05) is 0 Å². The second kappa shape index (κ2) is 8.90. The van der Waals surface area contributed by atoms with Gasteiger partial charge in [0, 0.05) is 55.8 Å². The molecular formula is H2NaO5SiZr-4. The van der Waals surface area contributed by atoms with E-state index in [0.717, 1.165) is 0 Å². The van der Waals surface area contributed by atoms with Crippen molar-refractivity contribution < 1.29 is 50.9 Å². The molecule has 0 aromatic rings. The van der Waals surface area contributed by atoms with Crippen LogP contribution in [0.4, 0.5) is 0 Å². The Morgan fingerprint density at radius 3 is 0.875 bits per heavy atom. The monoisotopic (exact) mass is 223 g/mol. The van der Waals surface area contributed by atoms with Gasteiger partial charge in [0.2, 0.25) is 0 Å². The molecule has 0 aliphatic heterocycles. The fraction of sp³-hybridized carbons (Fsp3) is 0. The molecule has 0 saturated carbocycles. The maximum atomic E-state index is 8.58. The van der Waals surface area contributed by atoms with Crippen molar-refractivity contribution in [2.75, 3.05) is 0 Å². The molecule has 0 aromatic heterocycles. The van der Waals surface area contributed by atoms with Gasteiger partial charge >= 0.3 is 0 Å². The summed E-state index contributed by atoms with van der Waals surface area (Å²) in [7, 11) is -5.61. The Balaban J connectivity index is -0.0000000267. The third-order valence-electron chi connectivity index (χ3n) is 0. The Morgan fingerprint density at radius 1 is 0.875 bits per heavy atom. The van der Waals surface area contributed by atoms with E-state index >= 15 is 0 Å². The summed E-state index contributed by atoms with van der Waals surface area (Å²) in [6.07, 6.45) is 0. The molecule has 0 amide bonds. The van der Waals surface area contributed by atoms with E-state index in [0.29, 0.717) is 0 Å². The van der Waals surface area contributed by atoms with Gasteiger partial charge in [-0.2, -0.15) is 0 Å². The second-order valence-electron chi connectivity index (χ2n) is 0.500. The maximum Gasteiger partial charge on any atom is 0 e. The zero-order valence-electron chi connectivity index (χ0n) is 4.13. The maximum absolute atomic E-state index is 8.58. The molecule has 0 saturated heterocycles. The van der Waals surface area contributed by atoms with Crippen molar-refractivity contribution in [3.8, 4) is 0 Å². The molecule has 8 heteroatoms. The summed E-state index contributed by atoms with van der Waals surface area (Å²) in [4.78, 5) is 34.3. The van der Waals surface area contributed by atoms with Gasteiger partial charge in [-0.15, -0.1) is 0 Å². The van der Waals surface area contributed by atoms with Crippen molar-refractivity contribution in [2.24, 2.45) is 0 Å². The summed E-state index contributed by atoms with van der Waals surface area (Å²) in [6, 6.07) is 0. The van der Waals surface area contributed by atoms with Crippen molar-refractivity contribution in [3.63, 3.8) is 0 Å². The van der Waals surface area contributed by atoms with Crippen molar-refractivity contribution in [2.45, 2.75) is 0 Å². The number of hydrogen-bond donors (Lipinski definition) is 0. The summed E-state index contributed by atoms with van der Waals surface area (Å²) < 4.78 is 0. The smallest absolute Gasteiger partial charge is 0 e. The minimum Gasteiger partial charge on any atom is -0.894 e. The number of rotatable bonds is 0. The Kier molecular flexibility index (Phi) is 25.1. The second-order valence-corrected chi connectivity index (χ2v) is 1.50. The standard InChI is InChI=1S/Na.O4Si.H2O.Zr/c;1-5(2,3)4;;/h;;1H2;/q;-4;;. The fourth-order valence-corrected chi connectivity index (χ4v) is 0. The number of hydrogen-bond acceptors (Lipinski definition) is 4. The summed E-state index contributed by atoms with van der Waals surface area (Å²) >= 11 is 0. The average Bonchev–Trinajstić information content (AvgIpc) is 0.722. The van der Waals surface area contributed by atoms with E-state index in [2.05, 4.69) is 0 Å². The molecule has 0 bridgehead atoms. The van der Waals surface area contributed by atoms with E-state index in [1.165, 1.54) is 0 Å². The van der Waals surface area contributed by atoms with Crippen LogP contribution >= 0.6 is 0 Å². The SMILES string of the molecule is O.[Na].[O-][Si]([O-])([O-])[O-].[Zr]. The molecule has 0 aliphatic carbocycles. The first-order valence-electron chi connectivity index (χ1n) is 0.816. The summed E-state index contributed by atoms with van der Waals surface area (Å²) in [6.45, 7) is 0. The van der Waals surface area contributed by atoms with Crippen LogP contribution in [0.1, 0.15) is 0 Å². The topological polar surface area (TPSA) is 124 Å². The predicted octanol–water partition coefficient (Wildman–Crippen LogP) is -6.34. The minimum atomic E-state index is -5.61. The third kappa shape index (κ3) is 104. The molecule has 0 heterocycles. The minimum absolute atomic E-state index is 0. The van der Waals surface area contributed by atoms with Crippen LogP contribution < -0.4 is 19.2 Å². The van der Waals surface area contributed by atoms with Gasteiger partial charge in [-0.25, -0.2) is 0 Å². The van der Waals surface area contributed by atoms with E-state index in [4.69, 9.17) is 19.2 Å². The molecule has 0 spiro atoms. The molecule has 5 nitrogen and oxygen atoms in total. The van der Waals surface area contributed by atoms with E-state index in [-0.39, 0.29) is 61.2 Å². The molecule has 0 unspecified atom stereocenters. The molecule has 8 heavy (non-hydrogen) atoms. The molecule has 0 rings (SSSR count). The molecule has 2 N–H and O–H groups in total. The van der Waals surface area contributed by atoms with Gasteiger partial charge in [-0.3, -0.25) is 0 Å². The third-order valence-corrected chi connectivity index (χ3v) is 0. The first-order valence-corrected chi connectivity index (χ1v) is 2.45. The zero-order valence-corrected chi connectivity index (χ0v) is 9.59. The quantitative estimate of drug-likeness (QED) is 0.379. The average molecular weight is 224 g/mol. The normalized spacial score (nSPS) is 7.50. The van der Waals surface area contributed by atoms with Crippen LogP contribution in [0, 0.1) is 0 Å². The predicted molar refractivity (Wildman–Crippen MR) is 15.1 cm³/mol. The van der Waals surface area contributed by atoms with Gasteiger partial charge in [0.15, 0.2) is 0 Å². The van der Waals surface area contributed by atoms with Crippen LogP contribution in [-0.2, 0) is 26.2 Å². The Hall–Kier alpha value is 1.90. The zero-order chi connectivity index (χ0) is 4.50. The first-order chi connectivity index (χ1) is 2.00. The molecule has 45 valence electrons. The van der Waals surface area contributed by atoms with Gasteiger partial charge in [0.1, 0.15) is 0 Å². The largest absolute Gasteiger partial charge is 0.894 e. The molecule has 1 radical (unpaired) electrons. The molecule has 0 atom stereocenters. The van der Waals surface area contributed by atoms with E-state index in [9.17, 15) is 0 Å². The van der Waals surface area contributed by atoms with Crippen molar-refractivity contribution in [1.29, 1.82) is 0 Å². The van der Waals surface area contributed by atoms with E-state index in [1.54, 1.807) is 0 Å². The molecule has 0 aromatic carbocycles. The van der Waals surface area contributed by atoms with Crippen LogP contribution in [0.5, 0.6) is 0 Å². The van der Waals surface area contributed by atoms with Gasteiger partial charge in [0.25, 0.3) is 0 Å². The van der Waals surface area contributed by atoms with Crippen molar-refractivity contribution >= 4 is 38.6 Å². The molecule has 0 fully saturated rings. The van der Waals surface area contributed by atoms with Crippen molar-refractivity contribution in [1.82, 2.24) is 0 Å². The van der Waals surface area contributed by atoms with Gasteiger partial charge in [0.05, 0.1) is 0 Å². The van der Waals surface area contributed by atoms with Gasteiger partial charge < -0.3 is 33.7 Å². The molecular weight excluding hydrogens is 222 g/mol. The van der Waals surface area contributed by atoms with Crippen LogP contribution in [0.15, 0.2) is 0 Å². The Labute approximate surface area is 88.6 Å². The Bertz CT molecular complexity index is 27.9. The van der Waals surface area contributed by atoms with Crippen LogP contribution in [-0.4, -0.2) is 44.1 Å². The van der Waals surface area contributed by atoms with Crippen LogP contribution in [0.25, 0.3) is 0 Å². The Morgan fingerprint density at radius 2 is 0.875 bits per heavy atom. The fourth-order valence-electron chi connectivity index (χ4n) is 0.